The number of hydrogen-bond acceptors (Lipinski definition) is 5. The summed E-state index contributed by atoms with van der Waals surface area (Å²) in [5.41, 5.74) is 0. The molecule has 0 radical (unpaired) electrons. The summed E-state index contributed by atoms with van der Waals surface area (Å²) < 4.78 is 17.2. The Labute approximate surface area is 383 Å². The van der Waals surface area contributed by atoms with E-state index in [1.54, 1.807) is 0 Å². The molecule has 0 aliphatic carbocycles. The third kappa shape index (κ3) is 49.2. The fraction of sp³-hybridized carbons (Fsp3) is 0.649. The van der Waals surface area contributed by atoms with Crippen LogP contribution in [-0.4, -0.2) is 37.9 Å². The molecule has 0 amide bonds. The van der Waals surface area contributed by atoms with Gasteiger partial charge < -0.3 is 14.2 Å². The molecule has 0 aliphatic rings. The van der Waals surface area contributed by atoms with Crippen molar-refractivity contribution in [2.24, 2.45) is 0 Å². The molecule has 0 saturated carbocycles. The predicted octanol–water partition coefficient (Wildman–Crippen LogP) is 17.2. The molecule has 0 fully saturated rings. The number of esters is 2. The zero-order valence-corrected chi connectivity index (χ0v) is 40.3. The SMILES string of the molecule is CC/C=C\C/C=C\C/C=C\C/C=C\C/C=C\CC(=O)OC(COCCC/C=C\C/C=C\C/C=C\C/C=C\CC)COC(=O)CCCCCCCCCCCCCCCCCCC. The zero-order chi connectivity index (χ0) is 44.9. The number of carbonyl (C=O) groups is 2. The van der Waals surface area contributed by atoms with Crippen LogP contribution >= 0.6 is 0 Å². The summed E-state index contributed by atoms with van der Waals surface area (Å²) >= 11 is 0. The molecule has 5 nitrogen and oxygen atoms in total. The first kappa shape index (κ1) is 58.6. The monoisotopic (exact) mass is 859 g/mol. The van der Waals surface area contributed by atoms with Crippen LogP contribution in [0.4, 0.5) is 0 Å². The summed E-state index contributed by atoms with van der Waals surface area (Å²) in [4.78, 5) is 25.3. The lowest BCUT2D eigenvalue weighted by Gasteiger charge is -2.18. The molecule has 0 aromatic rings. The van der Waals surface area contributed by atoms with Gasteiger partial charge in [-0.25, -0.2) is 0 Å². The van der Waals surface area contributed by atoms with Crippen LogP contribution in [0.1, 0.15) is 213 Å². The van der Waals surface area contributed by atoms with Crippen molar-refractivity contribution in [2.45, 2.75) is 219 Å². The number of carbonyl (C=O) groups excluding carboxylic acids is 2. The average molecular weight is 859 g/mol. The second-order valence-electron chi connectivity index (χ2n) is 16.3. The first-order valence-corrected chi connectivity index (χ1v) is 25.4. The largest absolute Gasteiger partial charge is 0.462 e. The molecule has 0 saturated heterocycles. The van der Waals surface area contributed by atoms with E-state index >= 15 is 0 Å². The Morgan fingerprint density at radius 1 is 0.387 bits per heavy atom. The molecule has 0 aromatic carbocycles. The first-order valence-electron chi connectivity index (χ1n) is 25.4. The highest BCUT2D eigenvalue weighted by Gasteiger charge is 2.17. The van der Waals surface area contributed by atoms with E-state index in [1.165, 1.54) is 89.9 Å². The lowest BCUT2D eigenvalue weighted by molar-refractivity contribution is -0.162. The van der Waals surface area contributed by atoms with E-state index < -0.39 is 6.10 Å². The third-order valence-corrected chi connectivity index (χ3v) is 10.3. The summed E-state index contributed by atoms with van der Waals surface area (Å²) in [5, 5.41) is 0. The highest BCUT2D eigenvalue weighted by molar-refractivity contribution is 5.71. The van der Waals surface area contributed by atoms with Crippen molar-refractivity contribution in [3.8, 4) is 0 Å². The Morgan fingerprint density at radius 3 is 1.18 bits per heavy atom. The Morgan fingerprint density at radius 2 is 0.758 bits per heavy atom. The molecule has 0 aromatic heterocycles. The van der Waals surface area contributed by atoms with Gasteiger partial charge >= 0.3 is 11.9 Å². The van der Waals surface area contributed by atoms with Gasteiger partial charge in [-0.2, -0.15) is 0 Å². The quantitative estimate of drug-likeness (QED) is 0.0347. The van der Waals surface area contributed by atoms with Gasteiger partial charge in [0.15, 0.2) is 6.10 Å². The van der Waals surface area contributed by atoms with Crippen LogP contribution in [0.3, 0.4) is 0 Å². The number of hydrogen-bond donors (Lipinski definition) is 0. The molecule has 0 spiro atoms. The van der Waals surface area contributed by atoms with Crippen molar-refractivity contribution < 1.29 is 23.8 Å². The minimum Gasteiger partial charge on any atom is -0.462 e. The van der Waals surface area contributed by atoms with Gasteiger partial charge in [-0.3, -0.25) is 9.59 Å². The molecule has 0 bridgehead atoms. The smallest absolute Gasteiger partial charge is 0.310 e. The minimum atomic E-state index is -0.623. The lowest BCUT2D eigenvalue weighted by atomic mass is 10.0. The number of unbranched alkanes of at least 4 members (excludes halogenated alkanes) is 17. The van der Waals surface area contributed by atoms with E-state index in [-0.39, 0.29) is 31.6 Å². The molecule has 0 heterocycles. The van der Waals surface area contributed by atoms with E-state index in [9.17, 15) is 9.59 Å². The summed E-state index contributed by atoms with van der Waals surface area (Å²) in [6, 6.07) is 0. The topological polar surface area (TPSA) is 61.8 Å². The number of rotatable bonds is 45. The van der Waals surface area contributed by atoms with Gasteiger partial charge in [0.1, 0.15) is 6.61 Å². The Bertz CT molecular complexity index is 1250. The van der Waals surface area contributed by atoms with Crippen molar-refractivity contribution in [3.63, 3.8) is 0 Å². The van der Waals surface area contributed by atoms with E-state index in [4.69, 9.17) is 14.2 Å². The Hall–Kier alpha value is -3.44. The van der Waals surface area contributed by atoms with Crippen LogP contribution in [0, 0.1) is 0 Å². The second kappa shape index (κ2) is 51.9. The van der Waals surface area contributed by atoms with Crippen LogP contribution in [-0.2, 0) is 23.8 Å². The zero-order valence-electron chi connectivity index (χ0n) is 40.3. The van der Waals surface area contributed by atoms with E-state index in [0.29, 0.717) is 13.0 Å². The van der Waals surface area contributed by atoms with Gasteiger partial charge in [0.25, 0.3) is 0 Å². The van der Waals surface area contributed by atoms with E-state index in [1.807, 2.05) is 12.2 Å². The fourth-order valence-corrected chi connectivity index (χ4v) is 6.65. The molecular weight excluding hydrogens is 765 g/mol. The van der Waals surface area contributed by atoms with Crippen molar-refractivity contribution >= 4 is 11.9 Å². The van der Waals surface area contributed by atoms with Gasteiger partial charge in [0, 0.05) is 13.0 Å². The fourth-order valence-electron chi connectivity index (χ4n) is 6.65. The maximum atomic E-state index is 12.7. The summed E-state index contributed by atoms with van der Waals surface area (Å²) in [7, 11) is 0. The Kier molecular flexibility index (Phi) is 49.0. The normalized spacial score (nSPS) is 13.1. The van der Waals surface area contributed by atoms with Gasteiger partial charge in [0.05, 0.1) is 13.0 Å². The molecule has 0 N–H and O–H groups in total. The lowest BCUT2D eigenvalue weighted by Crippen LogP contribution is -2.29. The molecule has 0 rings (SSSR count). The molecule has 0 aliphatic heterocycles. The predicted molar refractivity (Wildman–Crippen MR) is 269 cm³/mol. The number of ether oxygens (including phenoxy) is 3. The van der Waals surface area contributed by atoms with Crippen molar-refractivity contribution in [3.05, 3.63) is 109 Å². The van der Waals surface area contributed by atoms with Gasteiger partial charge in [0.2, 0.25) is 0 Å². The summed E-state index contributed by atoms with van der Waals surface area (Å²) in [6.07, 6.45) is 71.4. The molecule has 352 valence electrons. The van der Waals surface area contributed by atoms with Gasteiger partial charge in [-0.15, -0.1) is 0 Å². The van der Waals surface area contributed by atoms with Crippen molar-refractivity contribution in [2.75, 3.05) is 19.8 Å². The molecule has 1 unspecified atom stereocenters. The molecule has 5 heteroatoms. The highest BCUT2D eigenvalue weighted by atomic mass is 16.6. The minimum absolute atomic E-state index is 0.0199. The third-order valence-electron chi connectivity index (χ3n) is 10.3. The van der Waals surface area contributed by atoms with Crippen LogP contribution in [0.25, 0.3) is 0 Å². The highest BCUT2D eigenvalue weighted by Crippen LogP contribution is 2.15. The van der Waals surface area contributed by atoms with Crippen LogP contribution in [0.2, 0.25) is 0 Å². The number of allylic oxidation sites excluding steroid dienone is 17. The molecular formula is C57H94O5. The van der Waals surface area contributed by atoms with Crippen molar-refractivity contribution in [1.29, 1.82) is 0 Å². The van der Waals surface area contributed by atoms with Crippen LogP contribution in [0.5, 0.6) is 0 Å². The Balaban J connectivity index is 4.45. The van der Waals surface area contributed by atoms with Crippen LogP contribution < -0.4 is 0 Å². The second-order valence-corrected chi connectivity index (χ2v) is 16.3. The first-order chi connectivity index (χ1) is 30.6. The summed E-state index contributed by atoms with van der Waals surface area (Å²) in [6.45, 7) is 7.36. The standard InChI is InChI=1S/C57H94O5/c1-4-7-10-13-16-19-22-25-28-29-31-32-35-38-41-44-47-50-56(58)61-54-55(53-60-52-49-46-43-40-37-34-27-24-21-18-15-12-9-6-3)62-57(59)51-48-45-42-39-36-33-30-26-23-20-17-14-11-8-5-2/h8-9,11-12,17-18,20-21,26-27,30,34,36,39-40,43,45,48,55H,4-7,10,13-16,19,22-25,28-29,31-33,35,37-38,41-42,44,46-47,49-54H2,1-3H3/b11-8-,12-9-,20-17-,21-18-,30-26-,34-27-,39-36-,43-40-,48-45-. The van der Waals surface area contributed by atoms with Gasteiger partial charge in [-0.1, -0.05) is 233 Å². The maximum Gasteiger partial charge on any atom is 0.310 e. The van der Waals surface area contributed by atoms with Crippen molar-refractivity contribution in [1.82, 2.24) is 0 Å². The maximum absolute atomic E-state index is 12.7. The molecule has 1 atom stereocenters. The van der Waals surface area contributed by atoms with Gasteiger partial charge in [-0.05, 0) is 77.0 Å². The average Bonchev–Trinajstić information content (AvgIpc) is 3.27. The van der Waals surface area contributed by atoms with Crippen LogP contribution in [0.15, 0.2) is 109 Å². The van der Waals surface area contributed by atoms with E-state index in [0.717, 1.165) is 89.9 Å². The summed E-state index contributed by atoms with van der Waals surface area (Å²) in [5.74, 6) is -0.576. The van der Waals surface area contributed by atoms with E-state index in [2.05, 4.69) is 118 Å². The molecule has 62 heavy (non-hydrogen) atoms.